The van der Waals surface area contributed by atoms with Crippen LogP contribution in [-0.2, 0) is 16.6 Å². The molecule has 0 aromatic heterocycles. The fourth-order valence-corrected chi connectivity index (χ4v) is 3.50. The summed E-state index contributed by atoms with van der Waals surface area (Å²) in [5, 5.41) is 18.3. The minimum atomic E-state index is -1.48. The van der Waals surface area contributed by atoms with Gasteiger partial charge in [-0.25, -0.2) is 4.79 Å². The molecule has 0 fully saturated rings. The second-order valence-corrected chi connectivity index (χ2v) is 6.44. The van der Waals surface area contributed by atoms with Gasteiger partial charge in [-0.15, -0.1) is 0 Å². The first-order valence-corrected chi connectivity index (χ1v) is 7.77. The van der Waals surface area contributed by atoms with Crippen LogP contribution in [0.4, 0.5) is 0 Å². The van der Waals surface area contributed by atoms with E-state index in [1.807, 2.05) is 0 Å². The number of rotatable bonds is 4. The molecule has 2 N–H and O–H groups in total. The van der Waals surface area contributed by atoms with E-state index in [9.17, 15) is 14.1 Å². The lowest BCUT2D eigenvalue weighted by atomic mass is 10.2. The summed E-state index contributed by atoms with van der Waals surface area (Å²) in [4.78, 5) is 11.4. The molecule has 0 aliphatic heterocycles. The number of phenolic OH excluding ortho intramolecular Hbond substituents is 1. The van der Waals surface area contributed by atoms with Gasteiger partial charge in [-0.3, -0.25) is 4.21 Å². The molecular formula is C14H11BrO4S. The van der Waals surface area contributed by atoms with Crippen LogP contribution in [0.2, 0.25) is 0 Å². The van der Waals surface area contributed by atoms with Crippen LogP contribution in [0.5, 0.6) is 5.75 Å². The average molecular weight is 355 g/mol. The smallest absolute Gasteiger partial charge is 0.336 e. The molecule has 0 aliphatic rings. The third-order valence-corrected chi connectivity index (χ3v) is 4.57. The maximum atomic E-state index is 12.3. The van der Waals surface area contributed by atoms with E-state index in [2.05, 4.69) is 15.9 Å². The molecule has 4 nitrogen and oxygen atoms in total. The molecule has 1 atom stereocenters. The van der Waals surface area contributed by atoms with E-state index in [-0.39, 0.29) is 22.0 Å². The van der Waals surface area contributed by atoms with Crippen molar-refractivity contribution in [2.75, 3.05) is 0 Å². The summed E-state index contributed by atoms with van der Waals surface area (Å²) in [5.41, 5.74) is 0.794. The highest BCUT2D eigenvalue weighted by molar-refractivity contribution is 9.10. The zero-order valence-corrected chi connectivity index (χ0v) is 12.6. The quantitative estimate of drug-likeness (QED) is 0.884. The fourth-order valence-electron chi connectivity index (χ4n) is 1.68. The molecule has 2 aromatic carbocycles. The predicted octanol–water partition coefficient (Wildman–Crippen LogP) is 3.16. The summed E-state index contributed by atoms with van der Waals surface area (Å²) in [5.74, 6) is -0.781. The lowest BCUT2D eigenvalue weighted by Crippen LogP contribution is -2.06. The van der Waals surface area contributed by atoms with Crippen molar-refractivity contribution in [1.29, 1.82) is 0 Å². The molecule has 104 valence electrons. The highest BCUT2D eigenvalue weighted by atomic mass is 79.9. The lowest BCUT2D eigenvalue weighted by Gasteiger charge is -2.07. The van der Waals surface area contributed by atoms with Gasteiger partial charge in [0.15, 0.2) is 0 Å². The van der Waals surface area contributed by atoms with Gasteiger partial charge >= 0.3 is 5.97 Å². The number of carboxylic acids is 1. The minimum Gasteiger partial charge on any atom is -0.508 e. The number of aromatic hydroxyl groups is 1. The van der Waals surface area contributed by atoms with Crippen molar-refractivity contribution in [1.82, 2.24) is 0 Å². The van der Waals surface area contributed by atoms with Crippen LogP contribution in [0.15, 0.2) is 51.8 Å². The Balaban J connectivity index is 2.31. The zero-order chi connectivity index (χ0) is 14.7. The Kier molecular flexibility index (Phi) is 4.57. The van der Waals surface area contributed by atoms with Gasteiger partial charge in [0.25, 0.3) is 0 Å². The van der Waals surface area contributed by atoms with Crippen LogP contribution in [-0.4, -0.2) is 20.4 Å². The number of halogens is 1. The normalized spacial score (nSPS) is 12.1. The predicted molar refractivity (Wildman–Crippen MR) is 79.3 cm³/mol. The van der Waals surface area contributed by atoms with Crippen LogP contribution in [0.3, 0.4) is 0 Å². The third-order valence-electron chi connectivity index (χ3n) is 2.65. The molecule has 0 bridgehead atoms. The van der Waals surface area contributed by atoms with E-state index in [4.69, 9.17) is 5.11 Å². The average Bonchev–Trinajstić information content (AvgIpc) is 2.41. The van der Waals surface area contributed by atoms with Crippen molar-refractivity contribution in [2.24, 2.45) is 0 Å². The number of benzene rings is 2. The van der Waals surface area contributed by atoms with Gasteiger partial charge in [0.1, 0.15) is 5.75 Å². The Morgan fingerprint density at radius 1 is 1.15 bits per heavy atom. The van der Waals surface area contributed by atoms with Gasteiger partial charge in [-0.1, -0.05) is 28.1 Å². The molecule has 2 rings (SSSR count). The van der Waals surface area contributed by atoms with Crippen LogP contribution in [0.1, 0.15) is 15.9 Å². The molecule has 0 saturated carbocycles. The second kappa shape index (κ2) is 6.19. The summed E-state index contributed by atoms with van der Waals surface area (Å²) in [7, 11) is -1.48. The van der Waals surface area contributed by atoms with Crippen LogP contribution < -0.4 is 0 Å². The summed E-state index contributed by atoms with van der Waals surface area (Å²) in [6.07, 6.45) is 0. The first-order valence-electron chi connectivity index (χ1n) is 5.66. The SMILES string of the molecule is O=C(O)c1ccc(Br)cc1S(=O)Cc1ccc(O)cc1. The van der Waals surface area contributed by atoms with Crippen molar-refractivity contribution in [3.63, 3.8) is 0 Å². The Labute approximate surface area is 126 Å². The Hall–Kier alpha value is -1.66. The van der Waals surface area contributed by atoms with Crippen LogP contribution >= 0.6 is 15.9 Å². The van der Waals surface area contributed by atoms with E-state index in [1.165, 1.54) is 18.2 Å². The van der Waals surface area contributed by atoms with Crippen molar-refractivity contribution in [3.8, 4) is 5.75 Å². The van der Waals surface area contributed by atoms with E-state index in [0.717, 1.165) is 5.56 Å². The van der Waals surface area contributed by atoms with E-state index < -0.39 is 16.8 Å². The molecule has 0 amide bonds. The first kappa shape index (κ1) is 14.7. The lowest BCUT2D eigenvalue weighted by molar-refractivity contribution is 0.0693. The number of hydrogen-bond donors (Lipinski definition) is 2. The Bertz CT molecular complexity index is 667. The van der Waals surface area contributed by atoms with Crippen molar-refractivity contribution >= 4 is 32.7 Å². The van der Waals surface area contributed by atoms with Gasteiger partial charge in [-0.05, 0) is 35.9 Å². The number of carbonyl (C=O) groups is 1. The Morgan fingerprint density at radius 3 is 2.40 bits per heavy atom. The van der Waals surface area contributed by atoms with E-state index >= 15 is 0 Å². The number of carboxylic acid groups (broad SMARTS) is 1. The van der Waals surface area contributed by atoms with Gasteiger partial charge in [0.05, 0.1) is 27.0 Å². The molecule has 0 aliphatic carbocycles. The monoisotopic (exact) mass is 354 g/mol. The van der Waals surface area contributed by atoms with Gasteiger partial charge < -0.3 is 10.2 Å². The zero-order valence-electron chi connectivity index (χ0n) is 10.2. The molecule has 6 heteroatoms. The highest BCUT2D eigenvalue weighted by Gasteiger charge is 2.16. The molecule has 20 heavy (non-hydrogen) atoms. The molecule has 0 saturated heterocycles. The van der Waals surface area contributed by atoms with Crippen LogP contribution in [0.25, 0.3) is 0 Å². The van der Waals surface area contributed by atoms with Gasteiger partial charge in [0.2, 0.25) is 0 Å². The summed E-state index contributed by atoms with van der Waals surface area (Å²) >= 11 is 3.25. The highest BCUT2D eigenvalue weighted by Crippen LogP contribution is 2.22. The van der Waals surface area contributed by atoms with E-state index in [1.54, 1.807) is 24.3 Å². The Morgan fingerprint density at radius 2 is 1.80 bits per heavy atom. The van der Waals surface area contributed by atoms with Crippen molar-refractivity contribution in [2.45, 2.75) is 10.6 Å². The maximum absolute atomic E-state index is 12.3. The topological polar surface area (TPSA) is 74.6 Å². The van der Waals surface area contributed by atoms with Gasteiger partial charge in [-0.2, -0.15) is 0 Å². The standard InChI is InChI=1S/C14H11BrO4S/c15-10-3-6-12(14(17)18)13(7-10)20(19)8-9-1-4-11(16)5-2-9/h1-7,16H,8H2,(H,17,18). The molecule has 2 aromatic rings. The summed E-state index contributed by atoms with van der Waals surface area (Å²) in [6, 6.07) is 10.9. The van der Waals surface area contributed by atoms with Gasteiger partial charge in [0, 0.05) is 4.47 Å². The molecule has 0 heterocycles. The molecule has 1 unspecified atom stereocenters. The largest absolute Gasteiger partial charge is 0.508 e. The summed E-state index contributed by atoms with van der Waals surface area (Å²) < 4.78 is 13.0. The summed E-state index contributed by atoms with van der Waals surface area (Å²) in [6.45, 7) is 0. The van der Waals surface area contributed by atoms with Crippen LogP contribution in [0, 0.1) is 0 Å². The van der Waals surface area contributed by atoms with Crippen molar-refractivity contribution < 1.29 is 19.2 Å². The fraction of sp³-hybridized carbons (Fsp3) is 0.0714. The molecular weight excluding hydrogens is 344 g/mol. The first-order chi connectivity index (χ1) is 9.47. The number of aromatic carboxylic acids is 1. The number of hydrogen-bond acceptors (Lipinski definition) is 3. The second-order valence-electron chi connectivity index (χ2n) is 4.10. The molecule has 0 spiro atoms. The number of phenols is 1. The third kappa shape index (κ3) is 3.46. The maximum Gasteiger partial charge on any atom is 0.336 e. The molecule has 0 radical (unpaired) electrons. The minimum absolute atomic E-state index is 0.0327. The van der Waals surface area contributed by atoms with Crippen molar-refractivity contribution in [3.05, 3.63) is 58.1 Å². The van der Waals surface area contributed by atoms with E-state index in [0.29, 0.717) is 4.47 Å².